The van der Waals surface area contributed by atoms with Crippen LogP contribution in [-0.2, 0) is 6.54 Å². The molecule has 154 valence electrons. The Labute approximate surface area is 178 Å². The highest BCUT2D eigenvalue weighted by Crippen LogP contribution is 2.39. The molecule has 6 rings (SSSR count). The third-order valence-corrected chi connectivity index (χ3v) is 6.99. The average Bonchev–Trinajstić information content (AvgIpc) is 3.53. The lowest BCUT2D eigenvalue weighted by Crippen LogP contribution is -2.63. The molecular formula is C21H23N7OS. The van der Waals surface area contributed by atoms with Gasteiger partial charge in [-0.1, -0.05) is 12.1 Å². The zero-order valence-electron chi connectivity index (χ0n) is 16.5. The van der Waals surface area contributed by atoms with Crippen molar-refractivity contribution in [2.24, 2.45) is 4.99 Å². The lowest BCUT2D eigenvalue weighted by Gasteiger charge is -2.52. The maximum Gasteiger partial charge on any atom is 0.191 e. The normalized spacial score (nSPS) is 20.0. The van der Waals surface area contributed by atoms with Gasteiger partial charge >= 0.3 is 0 Å². The summed E-state index contributed by atoms with van der Waals surface area (Å²) in [6, 6.07) is 12.6. The molecule has 3 aliphatic rings. The van der Waals surface area contributed by atoms with Crippen LogP contribution in [0.4, 0.5) is 5.69 Å². The summed E-state index contributed by atoms with van der Waals surface area (Å²) in [5.41, 5.74) is 2.41. The van der Waals surface area contributed by atoms with Gasteiger partial charge in [-0.15, -0.1) is 0 Å². The van der Waals surface area contributed by atoms with Gasteiger partial charge in [-0.25, -0.2) is 4.98 Å². The molecule has 0 bridgehead atoms. The molecule has 5 heterocycles. The van der Waals surface area contributed by atoms with Crippen molar-refractivity contribution in [3.63, 3.8) is 0 Å². The highest BCUT2D eigenvalue weighted by molar-refractivity contribution is 7.99. The number of aliphatic imine (C=N–C) groups is 1. The number of piperidine rings is 1. The van der Waals surface area contributed by atoms with Crippen LogP contribution in [0, 0.1) is 0 Å². The Hall–Kier alpha value is -2.78. The summed E-state index contributed by atoms with van der Waals surface area (Å²) in [4.78, 5) is 13.9. The molecule has 1 spiro atoms. The van der Waals surface area contributed by atoms with Crippen molar-refractivity contribution in [2.45, 2.75) is 35.3 Å². The molecule has 3 aliphatic heterocycles. The molecule has 1 aromatic carbocycles. The monoisotopic (exact) mass is 421 g/mol. The Morgan fingerprint density at radius 1 is 1.10 bits per heavy atom. The van der Waals surface area contributed by atoms with E-state index >= 15 is 0 Å². The third-order valence-electron chi connectivity index (χ3n) is 6.18. The van der Waals surface area contributed by atoms with E-state index in [4.69, 9.17) is 9.41 Å². The highest BCUT2D eigenvalue weighted by Gasteiger charge is 2.46. The van der Waals surface area contributed by atoms with Gasteiger partial charge in [0.1, 0.15) is 23.6 Å². The van der Waals surface area contributed by atoms with Gasteiger partial charge in [-0.3, -0.25) is 15.0 Å². The van der Waals surface area contributed by atoms with Crippen LogP contribution in [0.2, 0.25) is 0 Å². The number of benzene rings is 1. The number of para-hydroxylation sites is 1. The van der Waals surface area contributed by atoms with Crippen LogP contribution in [0.1, 0.15) is 24.2 Å². The molecule has 3 aromatic rings. The first-order valence-electron chi connectivity index (χ1n) is 10.3. The Bertz CT molecular complexity index is 1070. The van der Waals surface area contributed by atoms with Crippen LogP contribution >= 0.6 is 11.8 Å². The number of nitrogens with one attached hydrogen (secondary N) is 2. The first-order chi connectivity index (χ1) is 14.8. The Morgan fingerprint density at radius 3 is 2.87 bits per heavy atom. The fourth-order valence-corrected chi connectivity index (χ4v) is 5.41. The van der Waals surface area contributed by atoms with Gasteiger partial charge in [-0.05, 0) is 36.0 Å². The largest absolute Gasteiger partial charge is 0.453 e. The summed E-state index contributed by atoms with van der Waals surface area (Å²) in [7, 11) is 0. The summed E-state index contributed by atoms with van der Waals surface area (Å²) in [6.45, 7) is 4.74. The van der Waals surface area contributed by atoms with Gasteiger partial charge < -0.3 is 14.6 Å². The molecule has 0 atom stereocenters. The molecule has 0 amide bonds. The van der Waals surface area contributed by atoms with Crippen molar-refractivity contribution in [1.82, 2.24) is 25.0 Å². The fraction of sp³-hybridized carbons (Fsp3) is 0.381. The molecule has 0 radical (unpaired) electrons. The van der Waals surface area contributed by atoms with Crippen LogP contribution < -0.4 is 5.32 Å². The number of amidine groups is 1. The number of hydrogen-bond donors (Lipinski definition) is 2. The number of furan rings is 1. The number of anilines is 1. The summed E-state index contributed by atoms with van der Waals surface area (Å²) in [5, 5.41) is 12.2. The van der Waals surface area contributed by atoms with Gasteiger partial charge in [-0.2, -0.15) is 5.10 Å². The minimum Gasteiger partial charge on any atom is -0.453 e. The van der Waals surface area contributed by atoms with E-state index < -0.39 is 0 Å². The number of hydrogen-bond acceptors (Lipinski definition) is 8. The molecule has 8 nitrogen and oxygen atoms in total. The first kappa shape index (κ1) is 18.0. The summed E-state index contributed by atoms with van der Waals surface area (Å²) in [5.74, 6) is 2.15. The standard InChI is InChI=1S/C21H23N7OS/c1-2-4-17-16(3-1)19-22-9-12-28(19)21(25-17)7-10-27(11-8-21)13-15-5-6-18(29-15)30-20-23-14-24-26-20/h1-6,14,25H,7-13H2,(H,23,24,26). The number of aromatic amines is 1. The van der Waals surface area contributed by atoms with E-state index in [1.807, 2.05) is 6.07 Å². The van der Waals surface area contributed by atoms with Gasteiger partial charge in [0.15, 0.2) is 10.2 Å². The molecule has 30 heavy (non-hydrogen) atoms. The van der Waals surface area contributed by atoms with Crippen molar-refractivity contribution in [2.75, 3.05) is 31.5 Å². The average molecular weight is 422 g/mol. The maximum absolute atomic E-state index is 6.00. The van der Waals surface area contributed by atoms with Gasteiger partial charge in [0.05, 0.1) is 13.1 Å². The molecule has 9 heteroatoms. The van der Waals surface area contributed by atoms with Crippen molar-refractivity contribution in [1.29, 1.82) is 0 Å². The third kappa shape index (κ3) is 3.09. The lowest BCUT2D eigenvalue weighted by molar-refractivity contribution is 0.0848. The van der Waals surface area contributed by atoms with Crippen LogP contribution in [0.3, 0.4) is 0 Å². The molecule has 2 aromatic heterocycles. The molecule has 0 saturated carbocycles. The molecular weight excluding hydrogens is 398 g/mol. The second kappa shape index (κ2) is 7.17. The van der Waals surface area contributed by atoms with Gasteiger partial charge in [0.25, 0.3) is 0 Å². The Kier molecular flexibility index (Phi) is 4.31. The predicted molar refractivity (Wildman–Crippen MR) is 115 cm³/mol. The zero-order valence-corrected chi connectivity index (χ0v) is 17.4. The van der Waals surface area contributed by atoms with E-state index in [9.17, 15) is 0 Å². The Morgan fingerprint density at radius 2 is 2.00 bits per heavy atom. The van der Waals surface area contributed by atoms with Gasteiger partial charge in [0.2, 0.25) is 0 Å². The van der Waals surface area contributed by atoms with Crippen molar-refractivity contribution >= 4 is 23.3 Å². The minimum absolute atomic E-state index is 0.0311. The Balaban J connectivity index is 1.13. The molecule has 2 N–H and O–H groups in total. The number of likely N-dealkylation sites (tertiary alicyclic amines) is 1. The van der Waals surface area contributed by atoms with E-state index in [0.29, 0.717) is 0 Å². The second-order valence-corrected chi connectivity index (χ2v) is 8.94. The van der Waals surface area contributed by atoms with Crippen LogP contribution in [-0.4, -0.2) is 62.7 Å². The number of nitrogens with zero attached hydrogens (tertiary/aromatic N) is 5. The topological polar surface area (TPSA) is 85.6 Å². The summed E-state index contributed by atoms with van der Waals surface area (Å²) < 4.78 is 6.00. The van der Waals surface area contributed by atoms with E-state index in [0.717, 1.165) is 67.4 Å². The van der Waals surface area contributed by atoms with Crippen LogP contribution in [0.15, 0.2) is 62.4 Å². The second-order valence-electron chi connectivity index (χ2n) is 7.95. The zero-order chi connectivity index (χ0) is 20.0. The molecule has 0 aliphatic carbocycles. The lowest BCUT2D eigenvalue weighted by atomic mass is 9.90. The van der Waals surface area contributed by atoms with Gasteiger partial charge in [0, 0.05) is 43.7 Å². The first-order valence-corrected chi connectivity index (χ1v) is 11.1. The number of rotatable bonds is 4. The highest BCUT2D eigenvalue weighted by atomic mass is 32.2. The van der Waals surface area contributed by atoms with Crippen molar-refractivity contribution < 1.29 is 4.42 Å². The van der Waals surface area contributed by atoms with E-state index in [2.05, 4.69) is 60.6 Å². The molecule has 1 fully saturated rings. The maximum atomic E-state index is 6.00. The quantitative estimate of drug-likeness (QED) is 0.670. The van der Waals surface area contributed by atoms with Crippen molar-refractivity contribution in [3.8, 4) is 0 Å². The predicted octanol–water partition coefficient (Wildman–Crippen LogP) is 3.03. The van der Waals surface area contributed by atoms with E-state index in [1.165, 1.54) is 29.3 Å². The fourth-order valence-electron chi connectivity index (χ4n) is 4.73. The number of H-pyrrole nitrogens is 1. The number of fused-ring (bicyclic) bond motifs is 4. The summed E-state index contributed by atoms with van der Waals surface area (Å²) in [6.07, 6.45) is 3.62. The van der Waals surface area contributed by atoms with E-state index in [1.54, 1.807) is 0 Å². The SMILES string of the molecule is c1ccc2c(c1)NC1(CCN(Cc3ccc(Sc4ncn[nH]4)o3)CC1)N1CCN=C21. The summed E-state index contributed by atoms with van der Waals surface area (Å²) >= 11 is 1.45. The van der Waals surface area contributed by atoms with Crippen LogP contribution in [0.5, 0.6) is 0 Å². The minimum atomic E-state index is -0.0311. The molecule has 0 unspecified atom stereocenters. The van der Waals surface area contributed by atoms with Crippen LogP contribution in [0.25, 0.3) is 0 Å². The molecule has 1 saturated heterocycles. The van der Waals surface area contributed by atoms with Crippen molar-refractivity contribution in [3.05, 3.63) is 54.0 Å². The smallest absolute Gasteiger partial charge is 0.191 e. The number of aromatic nitrogens is 3. The van der Waals surface area contributed by atoms with E-state index in [-0.39, 0.29) is 5.66 Å².